The van der Waals surface area contributed by atoms with E-state index in [0.717, 1.165) is 29.0 Å². The first-order valence-corrected chi connectivity index (χ1v) is 10.7. The minimum atomic E-state index is 0. The molecule has 4 aromatic rings. The van der Waals surface area contributed by atoms with E-state index in [0.29, 0.717) is 0 Å². The summed E-state index contributed by atoms with van der Waals surface area (Å²) in [6, 6.07) is 27.6. The molecule has 0 spiro atoms. The van der Waals surface area contributed by atoms with Gasteiger partial charge < -0.3 is 17.3 Å². The van der Waals surface area contributed by atoms with Gasteiger partial charge in [-0.05, 0) is 41.4 Å². The predicted molar refractivity (Wildman–Crippen MR) is 121 cm³/mol. The Balaban J connectivity index is 0.00000218. The molecule has 2 heterocycles. The number of para-hydroxylation sites is 3. The number of thioether (sulfide) groups is 1. The molecule has 3 aromatic carbocycles. The molecular weight excluding hydrogens is 410 g/mol. The summed E-state index contributed by atoms with van der Waals surface area (Å²) < 4.78 is 2.28. The van der Waals surface area contributed by atoms with E-state index in [-0.39, 0.29) is 12.4 Å². The van der Waals surface area contributed by atoms with E-state index in [1.807, 2.05) is 0 Å². The molecule has 0 amide bonds. The first kappa shape index (κ1) is 20.5. The number of aryl methyl sites for hydroxylation is 1. The van der Waals surface area contributed by atoms with Gasteiger partial charge in [0.25, 0.3) is 0 Å². The van der Waals surface area contributed by atoms with Crippen LogP contribution in [0.2, 0.25) is 0 Å². The van der Waals surface area contributed by atoms with Gasteiger partial charge in [-0.2, -0.15) is 4.57 Å². The summed E-state index contributed by atoms with van der Waals surface area (Å²) in [4.78, 5) is 8.64. The molecule has 0 bridgehead atoms. The van der Waals surface area contributed by atoms with Crippen LogP contribution in [0, 0.1) is 0 Å². The lowest BCUT2D eigenvalue weighted by atomic mass is 10.1. The number of fused-ring (bicyclic) bond motifs is 2. The van der Waals surface area contributed by atoms with Crippen LogP contribution in [0.15, 0.2) is 88.8 Å². The molecule has 150 valence electrons. The van der Waals surface area contributed by atoms with Gasteiger partial charge in [-0.25, -0.2) is 0 Å². The minimum absolute atomic E-state index is 0. The van der Waals surface area contributed by atoms with Gasteiger partial charge in [0.2, 0.25) is 0 Å². The Hall–Kier alpha value is -2.82. The van der Waals surface area contributed by atoms with Crippen LogP contribution < -0.4 is 21.9 Å². The highest BCUT2D eigenvalue weighted by Gasteiger charge is 2.25. The number of nitrogens with zero attached hydrogens (tertiary/aromatic N) is 3. The normalized spacial score (nSPS) is 14.1. The molecule has 0 radical (unpaired) electrons. The summed E-state index contributed by atoms with van der Waals surface area (Å²) in [6.45, 7) is 2.17. The predicted octanol–water partition coefficient (Wildman–Crippen LogP) is 2.62. The maximum atomic E-state index is 5.10. The summed E-state index contributed by atoms with van der Waals surface area (Å²) >= 11 is 1.80. The third-order valence-corrected chi connectivity index (χ3v) is 6.46. The molecule has 0 aliphatic carbocycles. The molecule has 0 saturated heterocycles. The fourth-order valence-electron chi connectivity index (χ4n) is 3.85. The van der Waals surface area contributed by atoms with Crippen molar-refractivity contribution in [2.75, 3.05) is 11.9 Å². The van der Waals surface area contributed by atoms with Gasteiger partial charge in [0, 0.05) is 18.0 Å². The van der Waals surface area contributed by atoms with Crippen molar-refractivity contribution in [1.82, 2.24) is 4.98 Å². The second-order valence-corrected chi connectivity index (χ2v) is 8.13. The van der Waals surface area contributed by atoms with Crippen molar-refractivity contribution in [3.63, 3.8) is 0 Å². The highest BCUT2D eigenvalue weighted by Crippen LogP contribution is 2.45. The van der Waals surface area contributed by atoms with E-state index < -0.39 is 0 Å². The molecule has 0 unspecified atom stereocenters. The van der Waals surface area contributed by atoms with Gasteiger partial charge in [-0.1, -0.05) is 61.2 Å². The Morgan fingerprint density at radius 1 is 0.933 bits per heavy atom. The van der Waals surface area contributed by atoms with Gasteiger partial charge in [0.15, 0.2) is 5.69 Å². The maximum Gasteiger partial charge on any atom is 0.304 e. The number of hydrogen-bond donors (Lipinski definition) is 0. The van der Waals surface area contributed by atoms with Crippen LogP contribution in [0.25, 0.3) is 22.7 Å². The first-order valence-electron chi connectivity index (χ1n) is 9.87. The lowest BCUT2D eigenvalue weighted by Crippen LogP contribution is -3.00. The third-order valence-electron chi connectivity index (χ3n) is 5.29. The Morgan fingerprint density at radius 2 is 1.63 bits per heavy atom. The summed E-state index contributed by atoms with van der Waals surface area (Å²) in [5.74, 6) is 1.06. The summed E-state index contributed by atoms with van der Waals surface area (Å²) in [6.07, 6.45) is 3.08. The highest BCUT2D eigenvalue weighted by atomic mass is 35.5. The third kappa shape index (κ3) is 3.47. The Morgan fingerprint density at radius 3 is 2.40 bits per heavy atom. The zero-order valence-electron chi connectivity index (χ0n) is 16.9. The van der Waals surface area contributed by atoms with E-state index in [2.05, 4.69) is 108 Å². The van der Waals surface area contributed by atoms with E-state index in [1.54, 1.807) is 11.8 Å². The maximum absolute atomic E-state index is 5.10. The van der Waals surface area contributed by atoms with Crippen LogP contribution in [0.1, 0.15) is 18.4 Å². The molecule has 1 aromatic heterocycles. The Bertz CT molecular complexity index is 1240. The van der Waals surface area contributed by atoms with E-state index in [9.17, 15) is 0 Å². The van der Waals surface area contributed by atoms with Crippen molar-refractivity contribution < 1.29 is 17.0 Å². The number of rotatable bonds is 3. The molecular formula is C25H22ClN3S. The van der Waals surface area contributed by atoms with E-state index in [4.69, 9.17) is 4.98 Å². The zero-order chi connectivity index (χ0) is 19.8. The van der Waals surface area contributed by atoms with Crippen molar-refractivity contribution >= 4 is 34.4 Å². The number of halogens is 1. The number of benzene rings is 3. The molecule has 1 aliphatic heterocycles. The smallest absolute Gasteiger partial charge is 0.304 e. The quantitative estimate of drug-likeness (QED) is 0.465. The van der Waals surface area contributed by atoms with E-state index in [1.165, 1.54) is 21.1 Å². The molecule has 0 fully saturated rings. The standard InChI is InChI=1S/C25H22N3S.ClH/c1-3-24-26-20(17-25-27(2)22-15-9-10-16-23(22)29-25)19-13-7-8-14-21(19)28(24)18-11-5-4-6-12-18;/h4-17H,3H2,1-2H3;1H/q+1;/p-1. The summed E-state index contributed by atoms with van der Waals surface area (Å²) in [5.41, 5.74) is 4.60. The van der Waals surface area contributed by atoms with Crippen LogP contribution in [0.3, 0.4) is 0 Å². The monoisotopic (exact) mass is 431 g/mol. The molecule has 0 atom stereocenters. The fraction of sp³-hybridized carbons (Fsp3) is 0.120. The SMILES string of the molecule is CCc1nc(C=C2Sc3ccccc3N2C)c2ccccc2[n+]1-c1ccccc1.[Cl-]. The van der Waals surface area contributed by atoms with E-state index >= 15 is 0 Å². The molecule has 3 nitrogen and oxygen atoms in total. The number of hydrogen-bond acceptors (Lipinski definition) is 3. The van der Waals surface area contributed by atoms with Gasteiger partial charge in [0.05, 0.1) is 22.5 Å². The van der Waals surface area contributed by atoms with Crippen LogP contribution >= 0.6 is 11.8 Å². The Kier molecular flexibility index (Phi) is 5.80. The lowest BCUT2D eigenvalue weighted by molar-refractivity contribution is -0.580. The van der Waals surface area contributed by atoms with Crippen molar-refractivity contribution in [3.8, 4) is 5.69 Å². The molecule has 5 rings (SSSR count). The fourth-order valence-corrected chi connectivity index (χ4v) is 4.94. The van der Waals surface area contributed by atoms with Gasteiger partial charge in [-0.15, -0.1) is 0 Å². The minimum Gasteiger partial charge on any atom is -1.00 e. The molecule has 30 heavy (non-hydrogen) atoms. The molecule has 5 heteroatoms. The Labute approximate surface area is 187 Å². The van der Waals surface area contributed by atoms with Gasteiger partial charge in [-0.3, -0.25) is 0 Å². The average molecular weight is 432 g/mol. The molecule has 0 N–H and O–H groups in total. The van der Waals surface area contributed by atoms with Crippen LogP contribution in [-0.4, -0.2) is 12.0 Å². The van der Waals surface area contributed by atoms with Crippen molar-refractivity contribution in [1.29, 1.82) is 0 Å². The topological polar surface area (TPSA) is 20.0 Å². The second-order valence-electron chi connectivity index (χ2n) is 7.07. The average Bonchev–Trinajstić information content (AvgIpc) is 3.09. The van der Waals surface area contributed by atoms with Crippen molar-refractivity contribution in [3.05, 3.63) is 95.4 Å². The summed E-state index contributed by atoms with van der Waals surface area (Å²) in [7, 11) is 2.13. The lowest BCUT2D eigenvalue weighted by Gasteiger charge is -2.13. The van der Waals surface area contributed by atoms with Gasteiger partial charge >= 0.3 is 5.82 Å². The second kappa shape index (κ2) is 8.50. The number of anilines is 1. The van der Waals surface area contributed by atoms with Crippen LogP contribution in [0.5, 0.6) is 0 Å². The largest absolute Gasteiger partial charge is 1.00 e. The highest BCUT2D eigenvalue weighted by molar-refractivity contribution is 8.03. The van der Waals surface area contributed by atoms with Crippen LogP contribution in [0.4, 0.5) is 5.69 Å². The zero-order valence-corrected chi connectivity index (χ0v) is 18.5. The summed E-state index contributed by atoms with van der Waals surface area (Å²) in [5, 5.41) is 2.36. The van der Waals surface area contributed by atoms with Gasteiger partial charge in [0.1, 0.15) is 11.2 Å². The first-order chi connectivity index (χ1) is 14.3. The molecule has 0 saturated carbocycles. The molecule has 1 aliphatic rings. The van der Waals surface area contributed by atoms with Crippen molar-refractivity contribution in [2.45, 2.75) is 18.2 Å². The van der Waals surface area contributed by atoms with Crippen molar-refractivity contribution in [2.24, 2.45) is 0 Å². The van der Waals surface area contributed by atoms with Crippen LogP contribution in [-0.2, 0) is 6.42 Å². The number of aromatic nitrogens is 2.